The first-order valence-corrected chi connectivity index (χ1v) is 13.5. The maximum absolute atomic E-state index is 14.6. The van der Waals surface area contributed by atoms with Crippen molar-refractivity contribution in [2.45, 2.75) is 25.8 Å². The highest BCUT2D eigenvalue weighted by molar-refractivity contribution is 5.85. The molecule has 1 atom stereocenters. The molecule has 0 aromatic heterocycles. The molecule has 0 saturated carbocycles. The molecule has 0 radical (unpaired) electrons. The summed E-state index contributed by atoms with van der Waals surface area (Å²) in [5, 5.41) is 9.10. The molecule has 5 nitrogen and oxygen atoms in total. The molecule has 0 heterocycles. The average molecular weight is 578 g/mol. The molecule has 1 N–H and O–H groups in total. The Hall–Kier alpha value is -3.87. The van der Waals surface area contributed by atoms with Gasteiger partial charge in [-0.25, -0.2) is 4.39 Å². The molecule has 0 bridgehead atoms. The van der Waals surface area contributed by atoms with E-state index in [1.54, 1.807) is 24.3 Å². The third-order valence-corrected chi connectivity index (χ3v) is 6.83. The molecule has 4 aromatic carbocycles. The third kappa shape index (κ3) is 9.62. The second-order valence-corrected chi connectivity index (χ2v) is 10.2. The number of carboxylic acid groups (broad SMARTS) is 1. The molecule has 7 heteroatoms. The van der Waals surface area contributed by atoms with Crippen LogP contribution in [-0.4, -0.2) is 42.8 Å². The van der Waals surface area contributed by atoms with Gasteiger partial charge in [0.2, 0.25) is 0 Å². The van der Waals surface area contributed by atoms with Crippen LogP contribution in [0.5, 0.6) is 11.5 Å². The lowest BCUT2D eigenvalue weighted by Gasteiger charge is -2.30. The monoisotopic (exact) mass is 577 g/mol. The van der Waals surface area contributed by atoms with E-state index in [2.05, 4.69) is 60.4 Å². The van der Waals surface area contributed by atoms with Crippen molar-refractivity contribution < 1.29 is 23.8 Å². The first-order chi connectivity index (χ1) is 19.4. The lowest BCUT2D eigenvalue weighted by atomic mass is 9.90. The van der Waals surface area contributed by atoms with Crippen molar-refractivity contribution >= 4 is 18.4 Å². The summed E-state index contributed by atoms with van der Waals surface area (Å²) in [6.45, 7) is 4.61. The van der Waals surface area contributed by atoms with E-state index in [9.17, 15) is 9.18 Å². The van der Waals surface area contributed by atoms with Gasteiger partial charge < -0.3 is 14.6 Å². The number of halogens is 2. The van der Waals surface area contributed by atoms with Gasteiger partial charge in [0.25, 0.3) is 0 Å². The molecule has 0 fully saturated rings. The topological polar surface area (TPSA) is 59.0 Å². The van der Waals surface area contributed by atoms with E-state index in [0.29, 0.717) is 24.5 Å². The average Bonchev–Trinajstić information content (AvgIpc) is 2.95. The lowest BCUT2D eigenvalue weighted by molar-refractivity contribution is -0.136. The van der Waals surface area contributed by atoms with Gasteiger partial charge in [0.1, 0.15) is 5.75 Å². The number of methoxy groups -OCH3 is 1. The van der Waals surface area contributed by atoms with Gasteiger partial charge in [-0.1, -0.05) is 85.8 Å². The Bertz CT molecular complexity index is 1330. The predicted molar refractivity (Wildman–Crippen MR) is 163 cm³/mol. The van der Waals surface area contributed by atoms with Crippen LogP contribution in [0.25, 0.3) is 0 Å². The largest absolute Gasteiger partial charge is 0.494 e. The first-order valence-electron chi connectivity index (χ1n) is 13.5. The van der Waals surface area contributed by atoms with E-state index >= 15 is 0 Å². The van der Waals surface area contributed by atoms with Crippen molar-refractivity contribution in [3.05, 3.63) is 131 Å². The Labute approximate surface area is 248 Å². The van der Waals surface area contributed by atoms with Crippen molar-refractivity contribution in [1.82, 2.24) is 4.90 Å². The number of carbonyl (C=O) groups is 1. The van der Waals surface area contributed by atoms with Crippen molar-refractivity contribution in [2.75, 3.05) is 26.8 Å². The number of ether oxygens (including phenoxy) is 2. The Morgan fingerprint density at radius 1 is 0.854 bits per heavy atom. The molecule has 4 rings (SSSR count). The maximum atomic E-state index is 14.6. The second-order valence-electron chi connectivity index (χ2n) is 10.2. The highest BCUT2D eigenvalue weighted by atomic mass is 35.5. The van der Waals surface area contributed by atoms with E-state index in [4.69, 9.17) is 14.6 Å². The van der Waals surface area contributed by atoms with Gasteiger partial charge in [-0.05, 0) is 46.5 Å². The summed E-state index contributed by atoms with van der Waals surface area (Å²) in [7, 11) is 1.47. The van der Waals surface area contributed by atoms with Crippen molar-refractivity contribution in [3.8, 4) is 11.5 Å². The summed E-state index contributed by atoms with van der Waals surface area (Å²) in [6.07, 6.45) is -0.0423. The molecule has 4 aromatic rings. The zero-order valence-corrected chi connectivity index (χ0v) is 24.2. The number of carboxylic acids is 1. The first kappa shape index (κ1) is 31.7. The van der Waals surface area contributed by atoms with Crippen LogP contribution in [0.3, 0.4) is 0 Å². The van der Waals surface area contributed by atoms with Crippen LogP contribution in [0.4, 0.5) is 4.39 Å². The summed E-state index contributed by atoms with van der Waals surface area (Å²) in [6, 6.07) is 33.2. The van der Waals surface area contributed by atoms with Gasteiger partial charge in [-0.3, -0.25) is 9.69 Å². The van der Waals surface area contributed by atoms with Crippen molar-refractivity contribution in [1.29, 1.82) is 0 Å². The Morgan fingerprint density at radius 2 is 1.51 bits per heavy atom. The predicted octanol–water partition coefficient (Wildman–Crippen LogP) is 7.23. The normalized spacial score (nSPS) is 11.6. The Kier molecular flexibility index (Phi) is 12.2. The molecule has 41 heavy (non-hydrogen) atoms. The Balaban J connectivity index is 0.00000462. The van der Waals surface area contributed by atoms with Crippen molar-refractivity contribution in [2.24, 2.45) is 5.92 Å². The zero-order valence-electron chi connectivity index (χ0n) is 23.4. The Morgan fingerprint density at radius 3 is 2.10 bits per heavy atom. The smallest absolute Gasteiger partial charge is 0.307 e. The van der Waals surface area contributed by atoms with Crippen LogP contribution in [0.1, 0.15) is 35.1 Å². The van der Waals surface area contributed by atoms with Gasteiger partial charge in [0.05, 0.1) is 20.1 Å². The highest BCUT2D eigenvalue weighted by Gasteiger charge is 2.21. The van der Waals surface area contributed by atoms with Gasteiger partial charge in [-0.2, -0.15) is 0 Å². The molecule has 0 aliphatic rings. The highest BCUT2D eigenvalue weighted by Crippen LogP contribution is 2.28. The number of benzene rings is 4. The van der Waals surface area contributed by atoms with Gasteiger partial charge in [-0.15, -0.1) is 12.4 Å². The number of hydrogen-bond donors (Lipinski definition) is 1. The molecular weight excluding hydrogens is 541 g/mol. The van der Waals surface area contributed by atoms with Crippen molar-refractivity contribution in [3.63, 3.8) is 0 Å². The van der Waals surface area contributed by atoms with Crippen LogP contribution < -0.4 is 9.47 Å². The van der Waals surface area contributed by atoms with Gasteiger partial charge >= 0.3 is 5.97 Å². The van der Waals surface area contributed by atoms with Crippen LogP contribution in [0, 0.1) is 11.7 Å². The van der Waals surface area contributed by atoms with E-state index < -0.39 is 5.97 Å². The van der Waals surface area contributed by atoms with E-state index in [1.807, 2.05) is 30.3 Å². The fourth-order valence-corrected chi connectivity index (χ4v) is 4.95. The zero-order chi connectivity index (χ0) is 28.3. The molecular formula is C34H37ClFNO4. The fraction of sp³-hybridized carbons (Fsp3) is 0.265. The standard InChI is InChI=1S/C34H36FNO4.ClH/c1-25(24-40-30-15-9-10-26(18-30)20-34(37)38)21-36(22-27-16-17-33(39-2)32(35)19-27)23-31(28-11-5-3-6-12-28)29-13-7-4-8-14-29;/h3-19,25,31H,20-24H2,1-2H3,(H,37,38);1H/t25-;/m1./s1. The van der Waals surface area contributed by atoms with E-state index in [-0.39, 0.29) is 42.2 Å². The van der Waals surface area contributed by atoms with Crippen LogP contribution in [-0.2, 0) is 17.8 Å². The van der Waals surface area contributed by atoms with Crippen LogP contribution >= 0.6 is 12.4 Å². The lowest BCUT2D eigenvalue weighted by Crippen LogP contribution is -2.34. The molecule has 0 saturated heterocycles. The maximum Gasteiger partial charge on any atom is 0.307 e. The minimum Gasteiger partial charge on any atom is -0.494 e. The molecule has 0 amide bonds. The quantitative estimate of drug-likeness (QED) is 0.171. The van der Waals surface area contributed by atoms with E-state index in [1.165, 1.54) is 18.2 Å². The number of aliphatic carboxylic acids is 1. The molecule has 0 aliphatic heterocycles. The SMILES string of the molecule is COc1ccc(CN(CC(c2ccccc2)c2ccccc2)C[C@@H](C)COc2cccc(CC(=O)O)c2)cc1F.Cl. The molecule has 0 unspecified atom stereocenters. The van der Waals surface area contributed by atoms with E-state index in [0.717, 1.165) is 18.7 Å². The van der Waals surface area contributed by atoms with Crippen LogP contribution in [0.15, 0.2) is 103 Å². The summed E-state index contributed by atoms with van der Waals surface area (Å²) in [5.41, 5.74) is 4.01. The molecule has 216 valence electrons. The molecule has 0 spiro atoms. The molecule has 0 aliphatic carbocycles. The number of nitrogens with zero attached hydrogens (tertiary/aromatic N) is 1. The van der Waals surface area contributed by atoms with Gasteiger partial charge in [0, 0.05) is 31.5 Å². The second kappa shape index (κ2) is 15.8. The number of hydrogen-bond acceptors (Lipinski definition) is 4. The minimum atomic E-state index is -0.873. The van der Waals surface area contributed by atoms with Gasteiger partial charge in [0.15, 0.2) is 11.6 Å². The van der Waals surface area contributed by atoms with Crippen LogP contribution in [0.2, 0.25) is 0 Å². The summed E-state index contributed by atoms with van der Waals surface area (Å²) in [5.74, 6) is -0.0815. The third-order valence-electron chi connectivity index (χ3n) is 6.83. The summed E-state index contributed by atoms with van der Waals surface area (Å²) >= 11 is 0. The number of rotatable bonds is 14. The summed E-state index contributed by atoms with van der Waals surface area (Å²) in [4.78, 5) is 13.4. The fourth-order valence-electron chi connectivity index (χ4n) is 4.95. The summed E-state index contributed by atoms with van der Waals surface area (Å²) < 4.78 is 25.8. The minimum absolute atomic E-state index is 0.